The molecule has 0 aliphatic carbocycles. The zero-order valence-electron chi connectivity index (χ0n) is 36.2. The summed E-state index contributed by atoms with van der Waals surface area (Å²) in [6, 6.07) is 0. The van der Waals surface area contributed by atoms with E-state index in [0.717, 1.165) is 64.2 Å². The van der Waals surface area contributed by atoms with E-state index in [1.807, 2.05) is 0 Å². The molecule has 0 heterocycles. The van der Waals surface area contributed by atoms with Crippen LogP contribution in [0.2, 0.25) is 0 Å². The Bertz CT molecular complexity index is 862. The van der Waals surface area contributed by atoms with E-state index in [1.165, 1.54) is 141 Å². The summed E-state index contributed by atoms with van der Waals surface area (Å²) >= 11 is 0. The van der Waals surface area contributed by atoms with E-state index in [1.54, 1.807) is 0 Å². The maximum atomic E-state index is 12.5. The first-order valence-corrected chi connectivity index (χ1v) is 23.5. The largest absolute Gasteiger partial charge is 0.462 e. The predicted molar refractivity (Wildman–Crippen MR) is 233 cm³/mol. The van der Waals surface area contributed by atoms with Crippen LogP contribution in [-0.4, -0.2) is 37.9 Å². The first-order chi connectivity index (χ1) is 26.6. The molecule has 5 nitrogen and oxygen atoms in total. The van der Waals surface area contributed by atoms with Crippen LogP contribution in [-0.2, 0) is 23.8 Å². The molecule has 316 valence electrons. The van der Waals surface area contributed by atoms with Crippen LogP contribution in [0.25, 0.3) is 0 Å². The van der Waals surface area contributed by atoms with Crippen molar-refractivity contribution in [2.45, 2.75) is 245 Å². The molecule has 0 aromatic carbocycles. The van der Waals surface area contributed by atoms with Gasteiger partial charge in [-0.15, -0.1) is 0 Å². The van der Waals surface area contributed by atoms with Crippen LogP contribution in [0.3, 0.4) is 0 Å². The summed E-state index contributed by atoms with van der Waals surface area (Å²) < 4.78 is 17.2. The molecular formula is C49H90O5. The number of ether oxygens (including phenoxy) is 3. The van der Waals surface area contributed by atoms with Gasteiger partial charge in [0.2, 0.25) is 0 Å². The van der Waals surface area contributed by atoms with Crippen LogP contribution in [0, 0.1) is 0 Å². The van der Waals surface area contributed by atoms with Crippen LogP contribution < -0.4 is 0 Å². The number of carbonyl (C=O) groups excluding carboxylic acids is 2. The highest BCUT2D eigenvalue weighted by Crippen LogP contribution is 2.14. The average molecular weight is 759 g/mol. The Balaban J connectivity index is 4.04. The van der Waals surface area contributed by atoms with Crippen LogP contribution in [0.5, 0.6) is 0 Å². The van der Waals surface area contributed by atoms with E-state index in [-0.39, 0.29) is 25.2 Å². The van der Waals surface area contributed by atoms with E-state index in [9.17, 15) is 9.59 Å². The quantitative estimate of drug-likeness (QED) is 0.0352. The van der Waals surface area contributed by atoms with Gasteiger partial charge in [0.1, 0.15) is 6.61 Å². The van der Waals surface area contributed by atoms with Crippen LogP contribution in [0.4, 0.5) is 0 Å². The SMILES string of the molecule is CCCCC/C=C\C/C=C\C/C=C\CCCCCCCCC(=O)OCC(COCCCCCCCCCCCCCCCC)OC(=O)CCCCCCC. The van der Waals surface area contributed by atoms with Crippen molar-refractivity contribution < 1.29 is 23.8 Å². The Morgan fingerprint density at radius 3 is 1.28 bits per heavy atom. The number of allylic oxidation sites excluding steroid dienone is 6. The summed E-state index contributed by atoms with van der Waals surface area (Å²) in [6.07, 6.45) is 53.1. The predicted octanol–water partition coefficient (Wildman–Crippen LogP) is 15.4. The van der Waals surface area contributed by atoms with Gasteiger partial charge >= 0.3 is 11.9 Å². The van der Waals surface area contributed by atoms with Crippen molar-refractivity contribution in [1.29, 1.82) is 0 Å². The third kappa shape index (κ3) is 42.9. The molecule has 0 rings (SSSR count). The maximum absolute atomic E-state index is 12.5. The highest BCUT2D eigenvalue weighted by molar-refractivity contribution is 5.70. The molecule has 0 saturated carbocycles. The average Bonchev–Trinajstić information content (AvgIpc) is 3.17. The molecule has 0 N–H and O–H groups in total. The first-order valence-electron chi connectivity index (χ1n) is 23.5. The summed E-state index contributed by atoms with van der Waals surface area (Å²) in [5.74, 6) is -0.416. The van der Waals surface area contributed by atoms with E-state index in [0.29, 0.717) is 19.4 Å². The summed E-state index contributed by atoms with van der Waals surface area (Å²) in [6.45, 7) is 7.74. The molecule has 0 fully saturated rings. The van der Waals surface area contributed by atoms with E-state index in [4.69, 9.17) is 14.2 Å². The molecule has 54 heavy (non-hydrogen) atoms. The van der Waals surface area contributed by atoms with Gasteiger partial charge in [-0.2, -0.15) is 0 Å². The Kier molecular flexibility index (Phi) is 43.9. The minimum absolute atomic E-state index is 0.0820. The number of hydrogen-bond acceptors (Lipinski definition) is 5. The Morgan fingerprint density at radius 1 is 0.407 bits per heavy atom. The summed E-state index contributed by atoms with van der Waals surface area (Å²) in [5.41, 5.74) is 0. The number of esters is 2. The molecule has 0 aromatic rings. The monoisotopic (exact) mass is 759 g/mol. The first kappa shape index (κ1) is 52.1. The fourth-order valence-corrected chi connectivity index (χ4v) is 6.63. The molecule has 0 saturated heterocycles. The second kappa shape index (κ2) is 45.5. The van der Waals surface area contributed by atoms with Crippen molar-refractivity contribution >= 4 is 11.9 Å². The molecule has 1 unspecified atom stereocenters. The van der Waals surface area contributed by atoms with Crippen molar-refractivity contribution in [2.75, 3.05) is 19.8 Å². The fraction of sp³-hybridized carbons (Fsp3) is 0.837. The highest BCUT2D eigenvalue weighted by Gasteiger charge is 2.17. The summed E-state index contributed by atoms with van der Waals surface area (Å²) in [4.78, 5) is 25.0. The summed E-state index contributed by atoms with van der Waals surface area (Å²) in [7, 11) is 0. The lowest BCUT2D eigenvalue weighted by Crippen LogP contribution is -2.30. The third-order valence-electron chi connectivity index (χ3n) is 10.2. The number of carbonyl (C=O) groups is 2. The molecule has 0 aliphatic heterocycles. The zero-order chi connectivity index (χ0) is 39.3. The Morgan fingerprint density at radius 2 is 0.778 bits per heavy atom. The fourth-order valence-electron chi connectivity index (χ4n) is 6.63. The molecule has 0 spiro atoms. The van der Waals surface area contributed by atoms with Crippen molar-refractivity contribution in [1.82, 2.24) is 0 Å². The standard InChI is InChI=1S/C49H90O5/c1-4-7-10-13-15-17-19-21-23-24-25-26-27-28-30-32-34-37-39-42-48(50)53-46-47(54-49(51)43-40-36-12-9-6-3)45-52-44-41-38-35-33-31-29-22-20-18-16-14-11-8-5-2/h15,17,21,23,25-26,47H,4-14,16,18-20,22,24,27-46H2,1-3H3/b17-15-,23-21-,26-25-. The smallest absolute Gasteiger partial charge is 0.306 e. The van der Waals surface area contributed by atoms with Gasteiger partial charge in [-0.25, -0.2) is 0 Å². The molecule has 0 aliphatic rings. The topological polar surface area (TPSA) is 61.8 Å². The van der Waals surface area contributed by atoms with Crippen LogP contribution in [0.15, 0.2) is 36.5 Å². The molecular weight excluding hydrogens is 669 g/mol. The van der Waals surface area contributed by atoms with Crippen LogP contribution in [0.1, 0.15) is 239 Å². The van der Waals surface area contributed by atoms with Gasteiger partial charge in [-0.05, 0) is 57.8 Å². The molecule has 0 bridgehead atoms. The Hall–Kier alpha value is -1.88. The third-order valence-corrected chi connectivity index (χ3v) is 10.2. The normalized spacial score (nSPS) is 12.4. The van der Waals surface area contributed by atoms with Crippen molar-refractivity contribution in [3.05, 3.63) is 36.5 Å². The van der Waals surface area contributed by atoms with Gasteiger partial charge in [0.15, 0.2) is 6.10 Å². The summed E-state index contributed by atoms with van der Waals surface area (Å²) in [5, 5.41) is 0. The maximum Gasteiger partial charge on any atom is 0.306 e. The number of hydrogen-bond donors (Lipinski definition) is 0. The molecule has 0 amide bonds. The second-order valence-electron chi connectivity index (χ2n) is 15.7. The van der Waals surface area contributed by atoms with Crippen molar-refractivity contribution in [3.63, 3.8) is 0 Å². The van der Waals surface area contributed by atoms with Crippen molar-refractivity contribution in [3.8, 4) is 0 Å². The molecule has 1 atom stereocenters. The van der Waals surface area contributed by atoms with Gasteiger partial charge in [-0.1, -0.05) is 205 Å². The highest BCUT2D eigenvalue weighted by atomic mass is 16.6. The minimum atomic E-state index is -0.531. The zero-order valence-corrected chi connectivity index (χ0v) is 36.2. The molecule has 0 aromatic heterocycles. The lowest BCUT2D eigenvalue weighted by atomic mass is 10.0. The van der Waals surface area contributed by atoms with Crippen LogP contribution >= 0.6 is 0 Å². The lowest BCUT2D eigenvalue weighted by molar-refractivity contribution is -0.163. The van der Waals surface area contributed by atoms with Crippen molar-refractivity contribution in [2.24, 2.45) is 0 Å². The lowest BCUT2D eigenvalue weighted by Gasteiger charge is -2.18. The second-order valence-corrected chi connectivity index (χ2v) is 15.7. The minimum Gasteiger partial charge on any atom is -0.462 e. The van der Waals surface area contributed by atoms with Gasteiger partial charge in [-0.3, -0.25) is 9.59 Å². The molecule has 0 radical (unpaired) electrons. The van der Waals surface area contributed by atoms with Gasteiger partial charge < -0.3 is 14.2 Å². The Labute approximate surface area is 336 Å². The number of rotatable bonds is 43. The van der Waals surface area contributed by atoms with Gasteiger partial charge in [0.25, 0.3) is 0 Å². The molecule has 5 heteroatoms. The van der Waals surface area contributed by atoms with E-state index in [2.05, 4.69) is 57.2 Å². The van der Waals surface area contributed by atoms with Gasteiger partial charge in [0.05, 0.1) is 6.61 Å². The van der Waals surface area contributed by atoms with E-state index < -0.39 is 6.10 Å². The van der Waals surface area contributed by atoms with Gasteiger partial charge in [0, 0.05) is 19.4 Å². The van der Waals surface area contributed by atoms with E-state index >= 15 is 0 Å². The number of unbranched alkanes of at least 4 members (excludes halogenated alkanes) is 26.